The molecule has 0 aliphatic carbocycles. The van der Waals surface area contributed by atoms with Crippen molar-refractivity contribution in [1.82, 2.24) is 29.4 Å². The number of hydrogen-bond donors (Lipinski definition) is 2. The molecule has 224 valence electrons. The van der Waals surface area contributed by atoms with Crippen LogP contribution < -0.4 is 15.4 Å². The van der Waals surface area contributed by atoms with E-state index in [2.05, 4.69) is 53.1 Å². The third kappa shape index (κ3) is 6.70. The van der Waals surface area contributed by atoms with E-state index < -0.39 is 11.7 Å². The van der Waals surface area contributed by atoms with Crippen LogP contribution in [0, 0.1) is 11.7 Å². The highest BCUT2D eigenvalue weighted by atomic mass is 19.1. The van der Waals surface area contributed by atoms with E-state index in [1.54, 1.807) is 27.7 Å². The molecule has 2 aliphatic heterocycles. The molecular formula is C30H39FN8O3. The summed E-state index contributed by atoms with van der Waals surface area (Å²) in [5, 5.41) is 10.5. The Morgan fingerprint density at radius 3 is 2.71 bits per heavy atom. The number of carbonyl (C=O) groups is 2. The topological polar surface area (TPSA) is 117 Å². The lowest BCUT2D eigenvalue weighted by Crippen LogP contribution is -2.43. The van der Waals surface area contributed by atoms with E-state index in [9.17, 15) is 14.0 Å². The maximum Gasteiger partial charge on any atom is 0.322 e. The molecule has 0 saturated carbocycles. The van der Waals surface area contributed by atoms with Gasteiger partial charge in [0.1, 0.15) is 11.9 Å². The van der Waals surface area contributed by atoms with Crippen LogP contribution in [0.15, 0.2) is 37.1 Å². The molecule has 5 rings (SSSR count). The molecule has 1 atom stereocenters. The van der Waals surface area contributed by atoms with Gasteiger partial charge in [-0.2, -0.15) is 19.6 Å². The highest BCUT2D eigenvalue weighted by Gasteiger charge is 2.28. The summed E-state index contributed by atoms with van der Waals surface area (Å²) in [6.07, 6.45) is 6.21. The van der Waals surface area contributed by atoms with Gasteiger partial charge in [-0.25, -0.2) is 4.39 Å². The quantitative estimate of drug-likeness (QED) is 0.368. The molecule has 2 N–H and O–H groups in total. The van der Waals surface area contributed by atoms with Crippen molar-refractivity contribution >= 4 is 29.1 Å². The number of fused-ring (bicyclic) bond motifs is 1. The Labute approximate surface area is 245 Å². The number of benzene rings is 1. The van der Waals surface area contributed by atoms with E-state index in [1.165, 1.54) is 12.1 Å². The van der Waals surface area contributed by atoms with Gasteiger partial charge in [0.05, 0.1) is 17.8 Å². The lowest BCUT2D eigenvalue weighted by atomic mass is 9.97. The summed E-state index contributed by atoms with van der Waals surface area (Å²) >= 11 is 0. The van der Waals surface area contributed by atoms with Gasteiger partial charge in [0.15, 0.2) is 5.65 Å². The Morgan fingerprint density at radius 2 is 1.98 bits per heavy atom. The highest BCUT2D eigenvalue weighted by molar-refractivity contribution is 5.94. The molecule has 0 bridgehead atoms. The van der Waals surface area contributed by atoms with Gasteiger partial charge in [-0.3, -0.25) is 9.59 Å². The summed E-state index contributed by atoms with van der Waals surface area (Å²) in [5.41, 5.74) is 2.48. The SMILES string of the molecule is C=CC(=O)N1CCCC(C(=O)Nc2cc(CNc3nc(OC4CCN(C)CC4)nc4c(C(C)C)cnn34)ccc2F)C1. The first-order valence-electron chi connectivity index (χ1n) is 14.6. The molecule has 4 heterocycles. The number of likely N-dealkylation sites (tertiary alicyclic amines) is 2. The van der Waals surface area contributed by atoms with E-state index >= 15 is 0 Å². The molecule has 1 aromatic carbocycles. The predicted octanol–water partition coefficient (Wildman–Crippen LogP) is 3.84. The van der Waals surface area contributed by atoms with Crippen LogP contribution in [0.3, 0.4) is 0 Å². The van der Waals surface area contributed by atoms with Crippen LogP contribution in [-0.2, 0) is 16.1 Å². The maximum atomic E-state index is 14.7. The number of aromatic nitrogens is 4. The van der Waals surface area contributed by atoms with Gasteiger partial charge in [0.25, 0.3) is 0 Å². The summed E-state index contributed by atoms with van der Waals surface area (Å²) in [7, 11) is 2.10. The number of halogens is 1. The van der Waals surface area contributed by atoms with Gasteiger partial charge in [-0.1, -0.05) is 26.5 Å². The first kappa shape index (κ1) is 29.4. The van der Waals surface area contributed by atoms with Crippen molar-refractivity contribution in [2.24, 2.45) is 5.92 Å². The average Bonchev–Trinajstić information content (AvgIpc) is 3.43. The van der Waals surface area contributed by atoms with E-state index in [-0.39, 0.29) is 36.1 Å². The molecule has 12 heteroatoms. The summed E-state index contributed by atoms with van der Waals surface area (Å²) < 4.78 is 22.6. The van der Waals surface area contributed by atoms with Gasteiger partial charge in [-0.15, -0.1) is 0 Å². The maximum absolute atomic E-state index is 14.7. The molecule has 2 fully saturated rings. The molecule has 2 saturated heterocycles. The van der Waals surface area contributed by atoms with Crippen molar-refractivity contribution in [2.45, 2.75) is 58.1 Å². The molecule has 2 aromatic heterocycles. The molecule has 42 heavy (non-hydrogen) atoms. The zero-order valence-corrected chi connectivity index (χ0v) is 24.5. The van der Waals surface area contributed by atoms with Crippen molar-refractivity contribution in [1.29, 1.82) is 0 Å². The molecule has 2 amide bonds. The third-order valence-electron chi connectivity index (χ3n) is 7.95. The van der Waals surface area contributed by atoms with E-state index in [4.69, 9.17) is 9.72 Å². The number of nitrogens with zero attached hydrogens (tertiary/aromatic N) is 6. The summed E-state index contributed by atoms with van der Waals surface area (Å²) in [6, 6.07) is 4.88. The molecule has 11 nitrogen and oxygen atoms in total. The Hall–Kier alpha value is -4.06. The van der Waals surface area contributed by atoms with Gasteiger partial charge in [0, 0.05) is 38.3 Å². The van der Waals surface area contributed by atoms with Gasteiger partial charge < -0.3 is 25.2 Å². The average molecular weight is 579 g/mol. The Bertz CT molecular complexity index is 1450. The fourth-order valence-electron chi connectivity index (χ4n) is 5.42. The van der Waals surface area contributed by atoms with Crippen molar-refractivity contribution in [3.8, 4) is 6.01 Å². The van der Waals surface area contributed by atoms with Crippen LogP contribution in [-0.4, -0.2) is 80.5 Å². The number of carbonyl (C=O) groups excluding carboxylic acids is 2. The smallest absolute Gasteiger partial charge is 0.322 e. The van der Waals surface area contributed by atoms with Gasteiger partial charge >= 0.3 is 6.01 Å². The van der Waals surface area contributed by atoms with E-state index in [0.29, 0.717) is 43.5 Å². The Morgan fingerprint density at radius 1 is 1.19 bits per heavy atom. The molecule has 0 spiro atoms. The van der Waals surface area contributed by atoms with Crippen molar-refractivity contribution < 1.29 is 18.7 Å². The number of nitrogens with one attached hydrogen (secondary N) is 2. The summed E-state index contributed by atoms with van der Waals surface area (Å²) in [6.45, 7) is 10.8. The highest BCUT2D eigenvalue weighted by Crippen LogP contribution is 2.26. The second kappa shape index (κ2) is 12.8. The normalized spacial score (nSPS) is 18.3. The lowest BCUT2D eigenvalue weighted by molar-refractivity contribution is -0.130. The first-order valence-corrected chi connectivity index (χ1v) is 14.6. The number of hydrogen-bond acceptors (Lipinski definition) is 8. The minimum atomic E-state index is -0.533. The Kier molecular flexibility index (Phi) is 9.00. The molecule has 1 unspecified atom stereocenters. The second-order valence-corrected chi connectivity index (χ2v) is 11.4. The van der Waals surface area contributed by atoms with Crippen molar-refractivity contribution in [2.75, 3.05) is 43.9 Å². The van der Waals surface area contributed by atoms with E-state index in [0.717, 1.165) is 37.1 Å². The second-order valence-electron chi connectivity index (χ2n) is 11.4. The van der Waals surface area contributed by atoms with Gasteiger partial charge in [-0.05, 0) is 62.4 Å². The van der Waals surface area contributed by atoms with Crippen LogP contribution in [0.25, 0.3) is 5.65 Å². The third-order valence-corrected chi connectivity index (χ3v) is 7.95. The van der Waals surface area contributed by atoms with Crippen LogP contribution in [0.5, 0.6) is 6.01 Å². The largest absolute Gasteiger partial charge is 0.460 e. The first-order chi connectivity index (χ1) is 20.2. The number of piperidine rings is 2. The number of ether oxygens (including phenoxy) is 1. The number of amides is 2. The summed E-state index contributed by atoms with van der Waals surface area (Å²) in [5.74, 6) is -0.811. The van der Waals surface area contributed by atoms with Crippen LogP contribution >= 0.6 is 0 Å². The fraction of sp³-hybridized carbons (Fsp3) is 0.500. The van der Waals surface area contributed by atoms with Crippen molar-refractivity contribution in [3.63, 3.8) is 0 Å². The lowest BCUT2D eigenvalue weighted by Gasteiger charge is -2.31. The molecule has 0 radical (unpaired) electrons. The minimum absolute atomic E-state index is 0.0383. The van der Waals surface area contributed by atoms with Crippen LogP contribution in [0.1, 0.15) is 56.6 Å². The number of rotatable bonds is 9. The standard InChI is InChI=1S/C30H39FN8O3/c1-5-26(40)38-12-6-7-21(18-38)28(41)34-25-15-20(8-9-24(25)31)16-32-29-36-30(42-22-10-13-37(4)14-11-22)35-27-23(19(2)3)17-33-39(27)29/h5,8-9,15,17,19,21-22H,1,6-7,10-14,16,18H2,2-4H3,(H,34,41)(H,32,35,36). The van der Waals surface area contributed by atoms with Crippen LogP contribution in [0.4, 0.5) is 16.0 Å². The predicted molar refractivity (Wildman–Crippen MR) is 158 cm³/mol. The number of anilines is 2. The molecule has 3 aromatic rings. The fourth-order valence-corrected chi connectivity index (χ4v) is 5.42. The zero-order valence-electron chi connectivity index (χ0n) is 24.5. The Balaban J connectivity index is 1.31. The zero-order chi connectivity index (χ0) is 29.8. The molecule has 2 aliphatic rings. The van der Waals surface area contributed by atoms with Gasteiger partial charge in [0.2, 0.25) is 17.8 Å². The summed E-state index contributed by atoms with van der Waals surface area (Å²) in [4.78, 5) is 38.2. The van der Waals surface area contributed by atoms with Crippen molar-refractivity contribution in [3.05, 3.63) is 54.0 Å². The van der Waals surface area contributed by atoms with E-state index in [1.807, 2.05) is 0 Å². The van der Waals surface area contributed by atoms with Crippen LogP contribution in [0.2, 0.25) is 0 Å². The molecular weight excluding hydrogens is 539 g/mol. The monoisotopic (exact) mass is 578 g/mol. The minimum Gasteiger partial charge on any atom is -0.460 e.